The molecule has 2 fully saturated rings. The van der Waals surface area contributed by atoms with E-state index in [9.17, 15) is 17.0 Å². The standard InChI is InChI=1S/2C27H33.C2H7Si.2ClH.Zr/c2*1-3-27(16-7-5-4-6-8-17-27)20-22-18-24-10-9-11-25(26(24)19-22)23-14-12-21(2)13-15-23;1-3-2;;;/h2*9-15,18-19H,3-8,16-17,20H2,1-2H3;3H,1-2H3;2*1H;/q;;;;;+2/p-2. The summed E-state index contributed by atoms with van der Waals surface area (Å²) in [6.45, 7) is 14.5. The van der Waals surface area contributed by atoms with E-state index in [2.05, 4.69) is 138 Å². The second kappa shape index (κ2) is 18.3. The average molecular weight is 936 g/mol. The predicted molar refractivity (Wildman–Crippen MR) is 265 cm³/mol. The van der Waals surface area contributed by atoms with E-state index in [1.165, 1.54) is 158 Å². The van der Waals surface area contributed by atoms with E-state index in [1.807, 2.05) is 0 Å². The van der Waals surface area contributed by atoms with E-state index >= 15 is 0 Å². The summed E-state index contributed by atoms with van der Waals surface area (Å²) >= 11 is -5.13. The molecular formula is C56H73Cl2SiZr. The summed E-state index contributed by atoms with van der Waals surface area (Å²) in [5.74, 6) is -1.76. The fourth-order valence-electron chi connectivity index (χ4n) is 12.8. The molecule has 0 N–H and O–H groups in total. The van der Waals surface area contributed by atoms with Crippen molar-refractivity contribution in [1.29, 1.82) is 0 Å². The van der Waals surface area contributed by atoms with Gasteiger partial charge in [0.2, 0.25) is 0 Å². The number of rotatable bonds is 11. The Morgan fingerprint density at radius 3 is 1.20 bits per heavy atom. The van der Waals surface area contributed by atoms with Crippen LogP contribution in [0.25, 0.3) is 34.4 Å². The van der Waals surface area contributed by atoms with Crippen molar-refractivity contribution in [2.75, 3.05) is 0 Å². The SMILES string of the molecule is CCC1(CC2=Cc3c(-c4ccc(C)cc4)cccc3[CH]2[Zr]([Cl])([Cl])([CH]2C(CC3(CC)CCCCCCC3)=Cc3c(-c4ccc(C)cc4)cccc32)[SiH](C)C)CCCCCCC1. The van der Waals surface area contributed by atoms with Crippen molar-refractivity contribution in [3.8, 4) is 22.3 Å². The van der Waals surface area contributed by atoms with E-state index < -0.39 is 21.5 Å². The Hall–Kier alpha value is -1.96. The molecular weight excluding hydrogens is 863 g/mol. The monoisotopic (exact) mass is 933 g/mol. The first-order valence-electron chi connectivity index (χ1n) is 24.3. The van der Waals surface area contributed by atoms with Gasteiger partial charge in [0.15, 0.2) is 0 Å². The zero-order valence-electron chi connectivity index (χ0n) is 38.0. The first-order chi connectivity index (χ1) is 28.9. The Labute approximate surface area is 373 Å². The molecule has 0 saturated heterocycles. The van der Waals surface area contributed by atoms with E-state index in [0.717, 1.165) is 12.8 Å². The topological polar surface area (TPSA) is 0 Å². The van der Waals surface area contributed by atoms with Gasteiger partial charge >= 0.3 is 377 Å². The van der Waals surface area contributed by atoms with Crippen molar-refractivity contribution >= 4 is 35.1 Å². The Morgan fingerprint density at radius 2 is 0.867 bits per heavy atom. The third-order valence-electron chi connectivity index (χ3n) is 16.7. The summed E-state index contributed by atoms with van der Waals surface area (Å²) in [4.78, 5) is 0. The van der Waals surface area contributed by atoms with Crippen molar-refractivity contribution in [2.24, 2.45) is 10.8 Å². The Morgan fingerprint density at radius 1 is 0.517 bits per heavy atom. The minimum atomic E-state index is -5.13. The summed E-state index contributed by atoms with van der Waals surface area (Å²) in [7, 11) is 18.6. The van der Waals surface area contributed by atoms with Crippen LogP contribution < -0.4 is 0 Å². The summed E-state index contributed by atoms with van der Waals surface area (Å²) in [5.41, 5.74) is 17.3. The number of allylic oxidation sites excluding steroid dienone is 2. The van der Waals surface area contributed by atoms with Crippen molar-refractivity contribution in [3.63, 3.8) is 0 Å². The molecule has 0 amide bonds. The molecule has 2 atom stereocenters. The normalized spacial score (nSPS) is 22.3. The first kappa shape index (κ1) is 44.6. The van der Waals surface area contributed by atoms with Crippen LogP contribution in [0, 0.1) is 24.7 Å². The van der Waals surface area contributed by atoms with Crippen LogP contribution in [0.3, 0.4) is 0 Å². The van der Waals surface area contributed by atoms with Crippen LogP contribution in [0.2, 0.25) is 13.1 Å². The Kier molecular flexibility index (Phi) is 13.6. The third-order valence-corrected chi connectivity index (χ3v) is 68.6. The van der Waals surface area contributed by atoms with Crippen LogP contribution in [0.4, 0.5) is 0 Å². The summed E-state index contributed by atoms with van der Waals surface area (Å²) < 4.78 is 0.209. The van der Waals surface area contributed by atoms with Gasteiger partial charge in [-0.05, 0) is 0 Å². The van der Waals surface area contributed by atoms with E-state index in [1.54, 1.807) is 11.1 Å². The van der Waals surface area contributed by atoms with Gasteiger partial charge in [-0.3, -0.25) is 0 Å². The predicted octanol–water partition coefficient (Wildman–Crippen LogP) is 18.3. The number of aryl methyl sites for hydroxylation is 2. The van der Waals surface area contributed by atoms with Crippen LogP contribution in [0.1, 0.15) is 170 Å². The molecule has 8 rings (SSSR count). The van der Waals surface area contributed by atoms with E-state index in [0.29, 0.717) is 10.8 Å². The molecule has 60 heavy (non-hydrogen) atoms. The fraction of sp³-hybridized carbons (Fsp3) is 0.500. The zero-order valence-corrected chi connectivity index (χ0v) is 43.1. The zero-order chi connectivity index (χ0) is 42.1. The molecule has 0 bridgehead atoms. The van der Waals surface area contributed by atoms with Crippen LogP contribution in [0.15, 0.2) is 96.1 Å². The second-order valence-corrected chi connectivity index (χ2v) is 63.1. The van der Waals surface area contributed by atoms with Gasteiger partial charge in [-0.15, -0.1) is 0 Å². The molecule has 4 aromatic rings. The Bertz CT molecular complexity index is 2040. The molecule has 0 nitrogen and oxygen atoms in total. The van der Waals surface area contributed by atoms with E-state index in [-0.39, 0.29) is 7.25 Å². The van der Waals surface area contributed by atoms with Gasteiger partial charge in [0, 0.05) is 0 Å². The number of hydrogen-bond acceptors (Lipinski definition) is 0. The van der Waals surface area contributed by atoms with E-state index in [4.69, 9.17) is 0 Å². The summed E-state index contributed by atoms with van der Waals surface area (Å²) in [6.07, 6.45) is 28.9. The number of halogens is 2. The molecule has 2 saturated carbocycles. The third kappa shape index (κ3) is 8.41. The quantitative estimate of drug-likeness (QED) is 0.132. The molecule has 4 aliphatic carbocycles. The van der Waals surface area contributed by atoms with Gasteiger partial charge in [0.25, 0.3) is 0 Å². The molecule has 319 valence electrons. The number of benzene rings is 4. The molecule has 0 heterocycles. The molecule has 4 aliphatic rings. The van der Waals surface area contributed by atoms with Gasteiger partial charge in [-0.1, -0.05) is 0 Å². The second-order valence-electron chi connectivity index (χ2n) is 20.6. The van der Waals surface area contributed by atoms with Gasteiger partial charge in [-0.2, -0.15) is 0 Å². The molecule has 0 radical (unpaired) electrons. The van der Waals surface area contributed by atoms with Gasteiger partial charge in [0.1, 0.15) is 0 Å². The number of fused-ring (bicyclic) bond motifs is 2. The summed E-state index contributed by atoms with van der Waals surface area (Å²) in [5, 5.41) is 0. The van der Waals surface area contributed by atoms with Gasteiger partial charge in [0.05, 0.1) is 0 Å². The fourth-order valence-corrected chi connectivity index (χ4v) is 44.1. The van der Waals surface area contributed by atoms with Gasteiger partial charge in [-0.25, -0.2) is 0 Å². The Balaban J connectivity index is 1.36. The van der Waals surface area contributed by atoms with Crippen LogP contribution in [0.5, 0.6) is 0 Å². The van der Waals surface area contributed by atoms with Crippen molar-refractivity contribution in [3.05, 3.63) is 129 Å². The van der Waals surface area contributed by atoms with Crippen LogP contribution in [-0.2, 0) is 15.6 Å². The minimum absolute atomic E-state index is 0.105. The molecule has 4 aromatic carbocycles. The molecule has 0 spiro atoms. The maximum absolute atomic E-state index is 9.31. The van der Waals surface area contributed by atoms with Crippen LogP contribution >= 0.6 is 17.0 Å². The van der Waals surface area contributed by atoms with Crippen molar-refractivity contribution < 1.29 is 15.6 Å². The molecule has 0 aliphatic heterocycles. The number of hydrogen-bond donors (Lipinski definition) is 0. The van der Waals surface area contributed by atoms with Gasteiger partial charge < -0.3 is 0 Å². The van der Waals surface area contributed by atoms with Crippen molar-refractivity contribution in [2.45, 2.75) is 164 Å². The van der Waals surface area contributed by atoms with Crippen LogP contribution in [-0.4, -0.2) is 5.92 Å². The average Bonchev–Trinajstić information content (AvgIpc) is 3.80. The van der Waals surface area contributed by atoms with Crippen molar-refractivity contribution in [1.82, 2.24) is 0 Å². The maximum atomic E-state index is 9.31. The molecule has 0 aromatic heterocycles. The molecule has 4 heteroatoms. The molecule has 2 unspecified atom stereocenters. The first-order valence-corrected chi connectivity index (χ1v) is 40.6. The summed E-state index contributed by atoms with van der Waals surface area (Å²) in [6, 6.07) is 32.8.